The summed E-state index contributed by atoms with van der Waals surface area (Å²) in [5, 5.41) is 7.43. The van der Waals surface area contributed by atoms with Gasteiger partial charge in [-0.25, -0.2) is 0 Å². The summed E-state index contributed by atoms with van der Waals surface area (Å²) < 4.78 is 5.67. The van der Waals surface area contributed by atoms with E-state index in [0.717, 1.165) is 35.2 Å². The predicted molar refractivity (Wildman–Crippen MR) is 90.6 cm³/mol. The average Bonchev–Trinajstić information content (AvgIpc) is 2.43. The van der Waals surface area contributed by atoms with E-state index >= 15 is 0 Å². The number of ether oxygens (including phenoxy) is 1. The fourth-order valence-electron chi connectivity index (χ4n) is 1.96. The van der Waals surface area contributed by atoms with Crippen molar-refractivity contribution in [1.29, 1.82) is 0 Å². The van der Waals surface area contributed by atoms with E-state index in [1.807, 2.05) is 62.4 Å². The van der Waals surface area contributed by atoms with Crippen molar-refractivity contribution in [3.8, 4) is 5.75 Å². The van der Waals surface area contributed by atoms with E-state index in [1.54, 1.807) is 0 Å². The second kappa shape index (κ2) is 7.79. The first-order valence-electron chi connectivity index (χ1n) is 7.13. The summed E-state index contributed by atoms with van der Waals surface area (Å²) in [7, 11) is 0. The van der Waals surface area contributed by atoms with Crippen LogP contribution in [0, 0.1) is 0 Å². The topological polar surface area (TPSA) is 33.3 Å². The molecule has 2 N–H and O–H groups in total. The van der Waals surface area contributed by atoms with Gasteiger partial charge in [-0.1, -0.05) is 23.7 Å². The molecule has 0 amide bonds. The molecule has 2 aromatic rings. The van der Waals surface area contributed by atoms with Crippen LogP contribution in [0.2, 0.25) is 5.02 Å². The van der Waals surface area contributed by atoms with Crippen molar-refractivity contribution in [2.24, 2.45) is 0 Å². The molecule has 0 unspecified atom stereocenters. The molecule has 4 heteroatoms. The molecular formula is C17H21ClN2O. The standard InChI is InChI=1S/C17H21ClN2O/c1-13(2)21-17-8-4-7-16(12-17)20-10-9-19-15-6-3-5-14(18)11-15/h3-8,11-13,19-20H,9-10H2,1-2H3. The molecule has 112 valence electrons. The summed E-state index contributed by atoms with van der Waals surface area (Å²) in [5.41, 5.74) is 2.09. The first-order chi connectivity index (χ1) is 10.1. The molecule has 0 fully saturated rings. The Morgan fingerprint density at radius 2 is 1.57 bits per heavy atom. The molecule has 0 heterocycles. The Morgan fingerprint density at radius 3 is 2.19 bits per heavy atom. The first kappa shape index (κ1) is 15.5. The van der Waals surface area contributed by atoms with Gasteiger partial charge in [0.05, 0.1) is 6.10 Å². The molecule has 0 saturated heterocycles. The van der Waals surface area contributed by atoms with Crippen LogP contribution in [0.25, 0.3) is 0 Å². The molecule has 0 aromatic heterocycles. The molecule has 3 nitrogen and oxygen atoms in total. The van der Waals surface area contributed by atoms with Gasteiger partial charge in [-0.3, -0.25) is 0 Å². The fourth-order valence-corrected chi connectivity index (χ4v) is 2.15. The van der Waals surface area contributed by atoms with E-state index in [2.05, 4.69) is 10.6 Å². The van der Waals surface area contributed by atoms with Gasteiger partial charge in [0.1, 0.15) is 5.75 Å². The number of nitrogens with one attached hydrogen (secondary N) is 2. The van der Waals surface area contributed by atoms with Crippen LogP contribution < -0.4 is 15.4 Å². The molecule has 0 aliphatic heterocycles. The number of hydrogen-bond acceptors (Lipinski definition) is 3. The molecule has 2 rings (SSSR count). The third kappa shape index (κ3) is 5.56. The Labute approximate surface area is 131 Å². The van der Waals surface area contributed by atoms with E-state index in [9.17, 15) is 0 Å². The van der Waals surface area contributed by atoms with Gasteiger partial charge >= 0.3 is 0 Å². The van der Waals surface area contributed by atoms with E-state index in [1.165, 1.54) is 0 Å². The number of rotatable bonds is 7. The van der Waals surface area contributed by atoms with Crippen molar-refractivity contribution in [1.82, 2.24) is 0 Å². The van der Waals surface area contributed by atoms with Crippen LogP contribution in [0.15, 0.2) is 48.5 Å². The van der Waals surface area contributed by atoms with Gasteiger partial charge in [-0.15, -0.1) is 0 Å². The smallest absolute Gasteiger partial charge is 0.121 e. The highest BCUT2D eigenvalue weighted by Gasteiger charge is 1.99. The molecule has 0 aliphatic rings. The Morgan fingerprint density at radius 1 is 0.952 bits per heavy atom. The maximum absolute atomic E-state index is 5.94. The lowest BCUT2D eigenvalue weighted by molar-refractivity contribution is 0.242. The molecule has 0 saturated carbocycles. The normalized spacial score (nSPS) is 10.5. The van der Waals surface area contributed by atoms with E-state index in [0.29, 0.717) is 0 Å². The maximum Gasteiger partial charge on any atom is 0.121 e. The van der Waals surface area contributed by atoms with Crippen molar-refractivity contribution in [2.45, 2.75) is 20.0 Å². The largest absolute Gasteiger partial charge is 0.491 e. The maximum atomic E-state index is 5.94. The van der Waals surface area contributed by atoms with Gasteiger partial charge < -0.3 is 15.4 Å². The van der Waals surface area contributed by atoms with Crippen molar-refractivity contribution >= 4 is 23.0 Å². The van der Waals surface area contributed by atoms with E-state index in [-0.39, 0.29) is 6.10 Å². The minimum atomic E-state index is 0.185. The lowest BCUT2D eigenvalue weighted by Crippen LogP contribution is -2.13. The summed E-state index contributed by atoms with van der Waals surface area (Å²) in [6, 6.07) is 15.7. The highest BCUT2D eigenvalue weighted by molar-refractivity contribution is 6.30. The number of benzene rings is 2. The predicted octanol–water partition coefficient (Wildman–Crippen LogP) is 4.65. The zero-order chi connectivity index (χ0) is 15.1. The Balaban J connectivity index is 1.78. The monoisotopic (exact) mass is 304 g/mol. The first-order valence-corrected chi connectivity index (χ1v) is 7.51. The Kier molecular flexibility index (Phi) is 5.76. The third-order valence-corrected chi connectivity index (χ3v) is 3.05. The molecule has 21 heavy (non-hydrogen) atoms. The lowest BCUT2D eigenvalue weighted by Gasteiger charge is -2.12. The Hall–Kier alpha value is -1.87. The van der Waals surface area contributed by atoms with Crippen molar-refractivity contribution in [3.63, 3.8) is 0 Å². The van der Waals surface area contributed by atoms with Crippen molar-refractivity contribution in [2.75, 3.05) is 23.7 Å². The SMILES string of the molecule is CC(C)Oc1cccc(NCCNc2cccc(Cl)c2)c1. The summed E-state index contributed by atoms with van der Waals surface area (Å²) >= 11 is 5.94. The van der Waals surface area contributed by atoms with Gasteiger partial charge in [0, 0.05) is 35.6 Å². The van der Waals surface area contributed by atoms with Crippen LogP contribution in [0.4, 0.5) is 11.4 Å². The summed E-state index contributed by atoms with van der Waals surface area (Å²) in [4.78, 5) is 0. The molecular weight excluding hydrogens is 284 g/mol. The average molecular weight is 305 g/mol. The van der Waals surface area contributed by atoms with E-state index in [4.69, 9.17) is 16.3 Å². The summed E-state index contributed by atoms with van der Waals surface area (Å²) in [5.74, 6) is 0.887. The van der Waals surface area contributed by atoms with Gasteiger partial charge in [0.15, 0.2) is 0 Å². The molecule has 0 spiro atoms. The van der Waals surface area contributed by atoms with Gasteiger partial charge in [0.2, 0.25) is 0 Å². The number of anilines is 2. The van der Waals surface area contributed by atoms with Crippen molar-refractivity contribution in [3.05, 3.63) is 53.6 Å². The van der Waals surface area contributed by atoms with Crippen LogP contribution >= 0.6 is 11.6 Å². The molecule has 0 aliphatic carbocycles. The van der Waals surface area contributed by atoms with Gasteiger partial charge in [-0.2, -0.15) is 0 Å². The second-order valence-electron chi connectivity index (χ2n) is 5.06. The minimum absolute atomic E-state index is 0.185. The van der Waals surface area contributed by atoms with Crippen LogP contribution in [0.5, 0.6) is 5.75 Å². The highest BCUT2D eigenvalue weighted by Crippen LogP contribution is 2.18. The number of hydrogen-bond donors (Lipinski definition) is 2. The second-order valence-corrected chi connectivity index (χ2v) is 5.49. The van der Waals surface area contributed by atoms with Crippen LogP contribution in [0.3, 0.4) is 0 Å². The van der Waals surface area contributed by atoms with Crippen LogP contribution in [-0.4, -0.2) is 19.2 Å². The van der Waals surface area contributed by atoms with Crippen LogP contribution in [-0.2, 0) is 0 Å². The fraction of sp³-hybridized carbons (Fsp3) is 0.294. The van der Waals surface area contributed by atoms with Gasteiger partial charge in [-0.05, 0) is 44.2 Å². The lowest BCUT2D eigenvalue weighted by atomic mass is 10.3. The molecule has 2 aromatic carbocycles. The molecule has 0 atom stereocenters. The summed E-state index contributed by atoms with van der Waals surface area (Å²) in [6.45, 7) is 5.68. The third-order valence-electron chi connectivity index (χ3n) is 2.81. The quantitative estimate of drug-likeness (QED) is 0.730. The molecule has 0 bridgehead atoms. The minimum Gasteiger partial charge on any atom is -0.491 e. The zero-order valence-corrected chi connectivity index (χ0v) is 13.2. The zero-order valence-electron chi connectivity index (χ0n) is 12.4. The van der Waals surface area contributed by atoms with Gasteiger partial charge in [0.25, 0.3) is 0 Å². The highest BCUT2D eigenvalue weighted by atomic mass is 35.5. The Bertz CT molecular complexity index is 572. The molecule has 0 radical (unpaired) electrons. The van der Waals surface area contributed by atoms with E-state index < -0.39 is 0 Å². The summed E-state index contributed by atoms with van der Waals surface area (Å²) in [6.07, 6.45) is 0.185. The number of halogens is 1. The van der Waals surface area contributed by atoms with Crippen LogP contribution in [0.1, 0.15) is 13.8 Å². The van der Waals surface area contributed by atoms with Crippen molar-refractivity contribution < 1.29 is 4.74 Å².